The van der Waals surface area contributed by atoms with Crippen LogP contribution in [0.3, 0.4) is 0 Å². The minimum absolute atomic E-state index is 0.833. The Morgan fingerprint density at radius 1 is 0.378 bits per heavy atom. The van der Waals surface area contributed by atoms with Crippen LogP contribution in [0.25, 0.3) is 66.1 Å². The molecule has 0 bridgehead atoms. The van der Waals surface area contributed by atoms with E-state index in [1.165, 1.54) is 11.1 Å². The summed E-state index contributed by atoms with van der Waals surface area (Å²) in [5.41, 5.74) is 11.0. The van der Waals surface area contributed by atoms with Crippen molar-refractivity contribution in [1.29, 1.82) is 0 Å². The lowest BCUT2D eigenvalue weighted by Crippen LogP contribution is -2.09. The van der Waals surface area contributed by atoms with E-state index in [1.54, 1.807) is 0 Å². The van der Waals surface area contributed by atoms with Crippen LogP contribution < -0.4 is 4.90 Å². The molecular weight excluding hydrogens is 550 g/mol. The molecule has 0 saturated carbocycles. The van der Waals surface area contributed by atoms with Crippen molar-refractivity contribution < 1.29 is 8.83 Å². The number of benzene rings is 7. The van der Waals surface area contributed by atoms with Crippen LogP contribution in [0.15, 0.2) is 173 Å². The van der Waals surface area contributed by atoms with Crippen LogP contribution in [0.5, 0.6) is 0 Å². The number of anilines is 3. The number of furan rings is 2. The van der Waals surface area contributed by atoms with Gasteiger partial charge in [-0.3, -0.25) is 0 Å². The van der Waals surface area contributed by atoms with E-state index in [0.29, 0.717) is 0 Å². The van der Waals surface area contributed by atoms with E-state index in [9.17, 15) is 0 Å². The largest absolute Gasteiger partial charge is 0.456 e. The highest BCUT2D eigenvalue weighted by Crippen LogP contribution is 2.48. The van der Waals surface area contributed by atoms with Crippen LogP contribution in [0.2, 0.25) is 0 Å². The van der Waals surface area contributed by atoms with E-state index in [2.05, 4.69) is 138 Å². The van der Waals surface area contributed by atoms with Crippen molar-refractivity contribution in [2.75, 3.05) is 4.90 Å². The van der Waals surface area contributed by atoms with Crippen LogP contribution in [-0.2, 0) is 0 Å². The molecule has 0 fully saturated rings. The molecule has 2 aromatic heterocycles. The highest BCUT2D eigenvalue weighted by molar-refractivity contribution is 6.24. The fourth-order valence-corrected chi connectivity index (χ4v) is 6.61. The fraction of sp³-hybridized carbons (Fsp3) is 0. The van der Waals surface area contributed by atoms with E-state index in [-0.39, 0.29) is 0 Å². The summed E-state index contributed by atoms with van der Waals surface area (Å²) in [6.45, 7) is 0. The summed E-state index contributed by atoms with van der Waals surface area (Å²) in [6.07, 6.45) is 0. The third-order valence-electron chi connectivity index (χ3n) is 8.66. The van der Waals surface area contributed by atoms with Gasteiger partial charge in [0.25, 0.3) is 0 Å². The molecule has 0 atom stereocenters. The Hall–Kier alpha value is -6.06. The molecule has 7 aromatic carbocycles. The first kappa shape index (κ1) is 25.4. The number of rotatable bonds is 5. The third kappa shape index (κ3) is 4.13. The quantitative estimate of drug-likeness (QED) is 0.204. The molecule has 0 aliphatic carbocycles. The highest BCUT2D eigenvalue weighted by atomic mass is 16.3. The summed E-state index contributed by atoms with van der Waals surface area (Å²) in [7, 11) is 0. The lowest BCUT2D eigenvalue weighted by atomic mass is 9.95. The number of nitrogens with zero attached hydrogens (tertiary/aromatic N) is 1. The van der Waals surface area contributed by atoms with Gasteiger partial charge in [-0.1, -0.05) is 121 Å². The van der Waals surface area contributed by atoms with Crippen LogP contribution in [0, 0.1) is 0 Å². The topological polar surface area (TPSA) is 29.5 Å². The molecule has 0 amide bonds. The average Bonchev–Trinajstić information content (AvgIpc) is 3.67. The van der Waals surface area contributed by atoms with Gasteiger partial charge < -0.3 is 13.7 Å². The molecule has 3 heteroatoms. The first-order valence-electron chi connectivity index (χ1n) is 15.2. The molecule has 0 spiro atoms. The van der Waals surface area contributed by atoms with Crippen molar-refractivity contribution in [2.24, 2.45) is 0 Å². The molecule has 0 radical (unpaired) electrons. The summed E-state index contributed by atoms with van der Waals surface area (Å²) in [5.74, 6) is 0. The number of hydrogen-bond donors (Lipinski definition) is 0. The average molecular weight is 578 g/mol. The van der Waals surface area contributed by atoms with E-state index in [4.69, 9.17) is 8.83 Å². The van der Waals surface area contributed by atoms with Crippen molar-refractivity contribution in [3.63, 3.8) is 0 Å². The Balaban J connectivity index is 1.35. The summed E-state index contributed by atoms with van der Waals surface area (Å²) in [6, 6.07) is 57.0. The van der Waals surface area contributed by atoms with Crippen molar-refractivity contribution >= 4 is 60.9 Å². The lowest BCUT2D eigenvalue weighted by Gasteiger charge is -2.25. The number of hydrogen-bond acceptors (Lipinski definition) is 3. The molecule has 0 aliphatic heterocycles. The first-order valence-corrected chi connectivity index (χ1v) is 15.2. The van der Waals surface area contributed by atoms with Crippen molar-refractivity contribution in [2.45, 2.75) is 0 Å². The second-order valence-electron chi connectivity index (χ2n) is 11.3. The zero-order chi connectivity index (χ0) is 29.7. The maximum absolute atomic E-state index is 7.05. The number of fused-ring (bicyclic) bond motifs is 6. The number of para-hydroxylation sites is 4. The Morgan fingerprint density at radius 3 is 1.67 bits per heavy atom. The van der Waals surface area contributed by atoms with E-state index < -0.39 is 0 Å². The maximum Gasteiger partial charge on any atom is 0.159 e. The third-order valence-corrected chi connectivity index (χ3v) is 8.66. The highest BCUT2D eigenvalue weighted by Gasteiger charge is 2.24. The second kappa shape index (κ2) is 10.3. The van der Waals surface area contributed by atoms with Crippen LogP contribution in [-0.4, -0.2) is 0 Å². The molecule has 3 nitrogen and oxygen atoms in total. The monoisotopic (exact) mass is 577 g/mol. The fourth-order valence-electron chi connectivity index (χ4n) is 6.61. The van der Waals surface area contributed by atoms with Gasteiger partial charge in [-0.25, -0.2) is 0 Å². The summed E-state index contributed by atoms with van der Waals surface area (Å²) >= 11 is 0. The Labute approximate surface area is 260 Å². The van der Waals surface area contributed by atoms with Crippen LogP contribution >= 0.6 is 0 Å². The molecule has 212 valence electrons. The van der Waals surface area contributed by atoms with Crippen molar-refractivity contribution in [3.05, 3.63) is 164 Å². The predicted octanol–water partition coefficient (Wildman–Crippen LogP) is 12.3. The molecule has 2 heterocycles. The minimum atomic E-state index is 0.833. The van der Waals surface area contributed by atoms with Gasteiger partial charge in [-0.15, -0.1) is 0 Å². The molecular formula is C42H27NO2. The Kier molecular flexibility index (Phi) is 5.82. The Bertz CT molecular complexity index is 2420. The summed E-state index contributed by atoms with van der Waals surface area (Å²) in [5, 5.41) is 4.21. The second-order valence-corrected chi connectivity index (χ2v) is 11.3. The lowest BCUT2D eigenvalue weighted by molar-refractivity contribution is 0.665. The molecule has 0 N–H and O–H groups in total. The molecule has 9 aromatic rings. The molecule has 45 heavy (non-hydrogen) atoms. The van der Waals surface area contributed by atoms with Gasteiger partial charge in [-0.05, 0) is 59.2 Å². The van der Waals surface area contributed by atoms with E-state index in [1.807, 2.05) is 30.3 Å². The molecule has 9 rings (SSSR count). The van der Waals surface area contributed by atoms with E-state index >= 15 is 0 Å². The molecule has 0 unspecified atom stereocenters. The van der Waals surface area contributed by atoms with Gasteiger partial charge in [0.05, 0.1) is 5.69 Å². The summed E-state index contributed by atoms with van der Waals surface area (Å²) in [4.78, 5) is 2.26. The molecule has 0 saturated heterocycles. The molecule has 0 aliphatic rings. The van der Waals surface area contributed by atoms with Gasteiger partial charge in [-0.2, -0.15) is 0 Å². The van der Waals surface area contributed by atoms with Crippen LogP contribution in [0.4, 0.5) is 17.1 Å². The van der Waals surface area contributed by atoms with Crippen LogP contribution in [0.1, 0.15) is 0 Å². The first-order chi connectivity index (χ1) is 22.3. The smallest absolute Gasteiger partial charge is 0.159 e. The Morgan fingerprint density at radius 2 is 0.956 bits per heavy atom. The van der Waals surface area contributed by atoms with Gasteiger partial charge in [0.1, 0.15) is 16.7 Å². The van der Waals surface area contributed by atoms with Gasteiger partial charge in [0.2, 0.25) is 0 Å². The zero-order valence-electron chi connectivity index (χ0n) is 24.4. The standard InChI is InChI=1S/C42H27NO2/c1-4-13-28(14-5-1)29-23-25-30(26-24-29)39-40-34-19-10-11-22-37(34)44-38(40)27-35-33-20-12-21-36(41(33)45-42(35)39)43(31-15-6-2-7-16-31)32-17-8-3-9-18-32/h1-27H. The van der Waals surface area contributed by atoms with Crippen molar-refractivity contribution in [3.8, 4) is 22.3 Å². The normalized spacial score (nSPS) is 11.6. The van der Waals surface area contributed by atoms with Gasteiger partial charge >= 0.3 is 0 Å². The van der Waals surface area contributed by atoms with Gasteiger partial charge in [0, 0.05) is 38.5 Å². The predicted molar refractivity (Wildman–Crippen MR) is 187 cm³/mol. The van der Waals surface area contributed by atoms with E-state index in [0.717, 1.165) is 72.1 Å². The summed E-state index contributed by atoms with van der Waals surface area (Å²) < 4.78 is 13.5. The minimum Gasteiger partial charge on any atom is -0.456 e. The SMILES string of the molecule is c1ccc(-c2ccc(-c3c4oc5c(N(c6ccccc6)c6ccccc6)cccc5c4cc4oc5ccccc5c34)cc2)cc1. The zero-order valence-corrected chi connectivity index (χ0v) is 24.4. The van der Waals surface area contributed by atoms with Crippen molar-refractivity contribution in [1.82, 2.24) is 0 Å². The van der Waals surface area contributed by atoms with Gasteiger partial charge in [0.15, 0.2) is 5.58 Å². The maximum atomic E-state index is 7.05.